The molecule has 0 saturated carbocycles. The van der Waals surface area contributed by atoms with Crippen LogP contribution in [0.1, 0.15) is 22.6 Å². The third-order valence-corrected chi connectivity index (χ3v) is 4.75. The molecule has 1 aliphatic heterocycles. The van der Waals surface area contributed by atoms with E-state index in [1.54, 1.807) is 6.07 Å². The number of hydrogen-bond acceptors (Lipinski definition) is 2. The lowest BCUT2D eigenvalue weighted by atomic mass is 9.89. The lowest BCUT2D eigenvalue weighted by Gasteiger charge is -2.17. The van der Waals surface area contributed by atoms with Gasteiger partial charge in [0.2, 0.25) is 0 Å². The number of benzene rings is 2. The van der Waals surface area contributed by atoms with Gasteiger partial charge in [-0.1, -0.05) is 36.4 Å². The van der Waals surface area contributed by atoms with Crippen LogP contribution in [0, 0.1) is 18.7 Å². The summed E-state index contributed by atoms with van der Waals surface area (Å²) in [5.74, 6) is 0.783. The van der Waals surface area contributed by atoms with Crippen LogP contribution >= 0.6 is 0 Å². The Balaban J connectivity index is 1.76. The molecule has 0 radical (unpaired) electrons. The first kappa shape index (κ1) is 15.2. The van der Waals surface area contributed by atoms with Gasteiger partial charge >= 0.3 is 0 Å². The number of hydrogen-bond donors (Lipinski definition) is 1. The van der Waals surface area contributed by atoms with Crippen molar-refractivity contribution in [1.29, 1.82) is 0 Å². The van der Waals surface area contributed by atoms with Gasteiger partial charge in [0, 0.05) is 25.6 Å². The van der Waals surface area contributed by atoms with Gasteiger partial charge in [0.15, 0.2) is 0 Å². The second-order valence-corrected chi connectivity index (χ2v) is 6.28. The molecular weight excluding hydrogens is 275 g/mol. The number of nitrogens with two attached hydrogens (primary N) is 1. The summed E-state index contributed by atoms with van der Waals surface area (Å²) in [5, 5.41) is 0. The lowest BCUT2D eigenvalue weighted by Crippen LogP contribution is -2.23. The molecule has 1 saturated heterocycles. The molecule has 2 atom stereocenters. The summed E-state index contributed by atoms with van der Waals surface area (Å²) in [5.41, 5.74) is 9.56. The highest BCUT2D eigenvalue weighted by molar-refractivity contribution is 5.27. The van der Waals surface area contributed by atoms with Gasteiger partial charge in [-0.2, -0.15) is 0 Å². The molecule has 0 aliphatic carbocycles. The third-order valence-electron chi connectivity index (χ3n) is 4.75. The van der Waals surface area contributed by atoms with Gasteiger partial charge < -0.3 is 5.73 Å². The molecule has 2 aromatic carbocycles. The minimum atomic E-state index is -0.158. The molecule has 2 aromatic rings. The van der Waals surface area contributed by atoms with Gasteiger partial charge in [-0.25, -0.2) is 4.39 Å². The molecule has 3 rings (SSSR count). The standard InChI is InChI=1S/C19H23FN2/c1-14-7-8-18(20)9-16(14)11-22-12-17(10-21)19(13-22)15-5-3-2-4-6-15/h2-9,17,19H,10-13,21H2,1H3/t17-,19+/m1/s1. The van der Waals surface area contributed by atoms with E-state index in [2.05, 4.69) is 29.2 Å². The Morgan fingerprint density at radius 3 is 2.64 bits per heavy atom. The van der Waals surface area contributed by atoms with Gasteiger partial charge in [0.1, 0.15) is 5.82 Å². The van der Waals surface area contributed by atoms with Gasteiger partial charge in [0.25, 0.3) is 0 Å². The van der Waals surface area contributed by atoms with Crippen molar-refractivity contribution < 1.29 is 4.39 Å². The largest absolute Gasteiger partial charge is 0.330 e. The monoisotopic (exact) mass is 298 g/mol. The number of rotatable bonds is 4. The maximum Gasteiger partial charge on any atom is 0.123 e. The molecule has 0 bridgehead atoms. The molecule has 116 valence electrons. The lowest BCUT2D eigenvalue weighted by molar-refractivity contribution is 0.315. The van der Waals surface area contributed by atoms with Crippen molar-refractivity contribution in [3.63, 3.8) is 0 Å². The van der Waals surface area contributed by atoms with E-state index in [1.165, 1.54) is 11.6 Å². The van der Waals surface area contributed by atoms with Crippen molar-refractivity contribution in [2.24, 2.45) is 11.7 Å². The summed E-state index contributed by atoms with van der Waals surface area (Å²) < 4.78 is 13.5. The predicted octanol–water partition coefficient (Wildman–Crippen LogP) is 3.31. The van der Waals surface area contributed by atoms with E-state index in [0.717, 1.165) is 30.8 Å². The van der Waals surface area contributed by atoms with E-state index in [9.17, 15) is 4.39 Å². The number of halogens is 1. The van der Waals surface area contributed by atoms with Crippen molar-refractivity contribution >= 4 is 0 Å². The van der Waals surface area contributed by atoms with Crippen molar-refractivity contribution in [2.45, 2.75) is 19.4 Å². The number of likely N-dealkylation sites (tertiary alicyclic amines) is 1. The van der Waals surface area contributed by atoms with Crippen molar-refractivity contribution in [1.82, 2.24) is 4.90 Å². The fourth-order valence-corrected chi connectivity index (χ4v) is 3.46. The van der Waals surface area contributed by atoms with Gasteiger partial charge in [-0.05, 0) is 48.2 Å². The van der Waals surface area contributed by atoms with Crippen LogP contribution in [-0.4, -0.2) is 24.5 Å². The van der Waals surface area contributed by atoms with E-state index in [4.69, 9.17) is 5.73 Å². The first-order chi connectivity index (χ1) is 10.7. The zero-order chi connectivity index (χ0) is 15.5. The van der Waals surface area contributed by atoms with E-state index in [1.807, 2.05) is 19.1 Å². The molecule has 22 heavy (non-hydrogen) atoms. The predicted molar refractivity (Wildman–Crippen MR) is 88.1 cm³/mol. The first-order valence-corrected chi connectivity index (χ1v) is 7.89. The SMILES string of the molecule is Cc1ccc(F)cc1CN1C[C@@H](CN)[C@H](c2ccccc2)C1. The molecule has 0 spiro atoms. The Kier molecular flexibility index (Phi) is 4.55. The summed E-state index contributed by atoms with van der Waals surface area (Å²) in [4.78, 5) is 2.40. The summed E-state index contributed by atoms with van der Waals surface area (Å²) in [6, 6.07) is 15.6. The molecular formula is C19H23FN2. The Morgan fingerprint density at radius 1 is 1.14 bits per heavy atom. The van der Waals surface area contributed by atoms with Crippen molar-refractivity contribution in [3.05, 3.63) is 71.0 Å². The molecule has 0 unspecified atom stereocenters. The van der Waals surface area contributed by atoms with Crippen LogP contribution in [0.3, 0.4) is 0 Å². The molecule has 0 amide bonds. The average Bonchev–Trinajstić information content (AvgIpc) is 2.95. The van der Waals surface area contributed by atoms with E-state index < -0.39 is 0 Å². The summed E-state index contributed by atoms with van der Waals surface area (Å²) in [6.45, 7) is 5.50. The smallest absolute Gasteiger partial charge is 0.123 e. The fourth-order valence-electron chi connectivity index (χ4n) is 3.46. The van der Waals surface area contributed by atoms with Crippen molar-refractivity contribution in [2.75, 3.05) is 19.6 Å². The Bertz CT molecular complexity index is 627. The van der Waals surface area contributed by atoms with E-state index in [0.29, 0.717) is 18.4 Å². The molecule has 1 heterocycles. The maximum absolute atomic E-state index is 13.5. The van der Waals surface area contributed by atoms with Crippen molar-refractivity contribution in [3.8, 4) is 0 Å². The second-order valence-electron chi connectivity index (χ2n) is 6.28. The quantitative estimate of drug-likeness (QED) is 0.938. The maximum atomic E-state index is 13.5. The van der Waals surface area contributed by atoms with Crippen LogP contribution in [0.5, 0.6) is 0 Å². The molecule has 3 heteroatoms. The van der Waals surface area contributed by atoms with E-state index in [-0.39, 0.29) is 5.82 Å². The molecule has 1 aliphatic rings. The van der Waals surface area contributed by atoms with Gasteiger partial charge in [0.05, 0.1) is 0 Å². The number of aryl methyl sites for hydroxylation is 1. The zero-order valence-corrected chi connectivity index (χ0v) is 13.0. The highest BCUT2D eigenvalue weighted by atomic mass is 19.1. The van der Waals surface area contributed by atoms with Gasteiger partial charge in [-0.3, -0.25) is 4.90 Å². The van der Waals surface area contributed by atoms with Crippen LogP contribution in [0.15, 0.2) is 48.5 Å². The highest BCUT2D eigenvalue weighted by Gasteiger charge is 2.32. The summed E-state index contributed by atoms with van der Waals surface area (Å²) >= 11 is 0. The topological polar surface area (TPSA) is 29.3 Å². The average molecular weight is 298 g/mol. The Hall–Kier alpha value is -1.71. The molecule has 2 nitrogen and oxygen atoms in total. The van der Waals surface area contributed by atoms with Crippen LogP contribution < -0.4 is 5.73 Å². The fraction of sp³-hybridized carbons (Fsp3) is 0.368. The van der Waals surface area contributed by atoms with Crippen LogP contribution in [-0.2, 0) is 6.54 Å². The van der Waals surface area contributed by atoms with Gasteiger partial charge in [-0.15, -0.1) is 0 Å². The summed E-state index contributed by atoms with van der Waals surface area (Å²) in [6.07, 6.45) is 0. The minimum absolute atomic E-state index is 0.158. The van der Waals surface area contributed by atoms with Crippen LogP contribution in [0.4, 0.5) is 4.39 Å². The molecule has 0 aromatic heterocycles. The summed E-state index contributed by atoms with van der Waals surface area (Å²) in [7, 11) is 0. The van der Waals surface area contributed by atoms with Crippen LogP contribution in [0.2, 0.25) is 0 Å². The Morgan fingerprint density at radius 2 is 1.91 bits per heavy atom. The van der Waals surface area contributed by atoms with E-state index >= 15 is 0 Å². The highest BCUT2D eigenvalue weighted by Crippen LogP contribution is 2.33. The molecule has 2 N–H and O–H groups in total. The van der Waals surface area contributed by atoms with Crippen LogP contribution in [0.25, 0.3) is 0 Å². The third kappa shape index (κ3) is 3.21. The normalized spacial score (nSPS) is 22.1. The zero-order valence-electron chi connectivity index (χ0n) is 13.0. The second kappa shape index (κ2) is 6.59. The number of nitrogens with zero attached hydrogens (tertiary/aromatic N) is 1. The first-order valence-electron chi connectivity index (χ1n) is 7.89. The Labute approximate surface area is 131 Å². The molecule has 1 fully saturated rings. The minimum Gasteiger partial charge on any atom is -0.330 e.